The molecule has 0 bridgehead atoms. The number of hydrogen-bond donors (Lipinski definition) is 1. The fraction of sp³-hybridized carbons (Fsp3) is 0.188. The summed E-state index contributed by atoms with van der Waals surface area (Å²) in [6.45, 7) is 2.40. The lowest BCUT2D eigenvalue weighted by atomic mass is 10.1. The number of ether oxygens (including phenoxy) is 1. The summed E-state index contributed by atoms with van der Waals surface area (Å²) in [7, 11) is 0. The Morgan fingerprint density at radius 3 is 2.52 bits per heavy atom. The van der Waals surface area contributed by atoms with Gasteiger partial charge in [-0.1, -0.05) is 0 Å². The minimum atomic E-state index is -0.612. The van der Waals surface area contributed by atoms with Crippen LogP contribution in [0.15, 0.2) is 28.7 Å². The van der Waals surface area contributed by atoms with Crippen LogP contribution in [0.1, 0.15) is 28.6 Å². The van der Waals surface area contributed by atoms with E-state index in [9.17, 15) is 19.7 Å². The summed E-state index contributed by atoms with van der Waals surface area (Å²) in [5, 5.41) is 22.1. The normalized spacial score (nSPS) is 9.96. The second-order valence-electron chi connectivity index (χ2n) is 4.99. The zero-order chi connectivity index (χ0) is 18.6. The number of ketones is 1. The minimum Gasteiger partial charge on any atom is -0.484 e. The number of nitrogens with zero attached hydrogens (tertiary/aromatic N) is 2. The molecule has 0 atom stereocenters. The number of hydrogen-bond acceptors (Lipinski definition) is 7. The second kappa shape index (κ2) is 7.27. The molecule has 1 heterocycles. The lowest BCUT2D eigenvalue weighted by Gasteiger charge is -2.06. The Kier molecular flexibility index (Phi) is 5.14. The van der Waals surface area contributed by atoms with Crippen LogP contribution in [-0.4, -0.2) is 23.2 Å². The zero-order valence-electron chi connectivity index (χ0n) is 13.4. The molecule has 0 spiro atoms. The van der Waals surface area contributed by atoms with E-state index in [4.69, 9.17) is 14.4 Å². The number of non-ortho nitro benzene ring substituents is 1. The van der Waals surface area contributed by atoms with E-state index in [-0.39, 0.29) is 40.0 Å². The van der Waals surface area contributed by atoms with Crippen molar-refractivity contribution in [3.63, 3.8) is 0 Å². The lowest BCUT2D eigenvalue weighted by molar-refractivity contribution is -0.384. The standard InChI is InChI=1S/C16H13N3O6/c1-9(20)15-10(2)25-16(13(15)7-17)18-14(21)8-24-12-5-3-11(4-6-12)19(22)23/h3-6H,8H2,1-2H3,(H,18,21). The fourth-order valence-corrected chi connectivity index (χ4v) is 2.14. The number of carbonyl (C=O) groups excluding carboxylic acids is 2. The molecule has 0 radical (unpaired) electrons. The van der Waals surface area contributed by atoms with Crippen LogP contribution in [0.3, 0.4) is 0 Å². The van der Waals surface area contributed by atoms with Crippen molar-refractivity contribution >= 4 is 23.3 Å². The van der Waals surface area contributed by atoms with E-state index in [1.165, 1.54) is 38.1 Å². The molecule has 0 saturated heterocycles. The van der Waals surface area contributed by atoms with Crippen molar-refractivity contribution in [1.82, 2.24) is 0 Å². The third-order valence-corrected chi connectivity index (χ3v) is 3.22. The Labute approximate surface area is 142 Å². The van der Waals surface area contributed by atoms with Gasteiger partial charge in [-0.2, -0.15) is 5.26 Å². The average Bonchev–Trinajstić information content (AvgIpc) is 2.88. The van der Waals surface area contributed by atoms with Gasteiger partial charge in [0.2, 0.25) is 5.88 Å². The third kappa shape index (κ3) is 4.00. The van der Waals surface area contributed by atoms with Gasteiger partial charge in [0.25, 0.3) is 11.6 Å². The number of anilines is 1. The number of nitriles is 1. The second-order valence-corrected chi connectivity index (χ2v) is 4.99. The van der Waals surface area contributed by atoms with Gasteiger partial charge in [0, 0.05) is 12.1 Å². The van der Waals surface area contributed by atoms with E-state index in [0.29, 0.717) is 0 Å². The van der Waals surface area contributed by atoms with Crippen LogP contribution in [0.2, 0.25) is 0 Å². The van der Waals surface area contributed by atoms with Crippen molar-refractivity contribution in [2.75, 3.05) is 11.9 Å². The summed E-state index contributed by atoms with van der Waals surface area (Å²) >= 11 is 0. The number of nitrogens with one attached hydrogen (secondary N) is 1. The van der Waals surface area contributed by atoms with Crippen LogP contribution in [-0.2, 0) is 4.79 Å². The van der Waals surface area contributed by atoms with Gasteiger partial charge in [0.05, 0.1) is 10.5 Å². The van der Waals surface area contributed by atoms with Crippen LogP contribution < -0.4 is 10.1 Å². The maximum absolute atomic E-state index is 11.9. The van der Waals surface area contributed by atoms with E-state index in [0.717, 1.165) is 0 Å². The first-order valence-electron chi connectivity index (χ1n) is 7.05. The third-order valence-electron chi connectivity index (χ3n) is 3.22. The first-order valence-corrected chi connectivity index (χ1v) is 7.05. The van der Waals surface area contributed by atoms with Crippen LogP contribution >= 0.6 is 0 Å². The highest BCUT2D eigenvalue weighted by atomic mass is 16.6. The Balaban J connectivity index is 2.03. The molecule has 0 saturated carbocycles. The van der Waals surface area contributed by atoms with Gasteiger partial charge < -0.3 is 9.15 Å². The molecule has 1 aromatic heterocycles. The van der Waals surface area contributed by atoms with E-state index >= 15 is 0 Å². The molecule has 9 nitrogen and oxygen atoms in total. The van der Waals surface area contributed by atoms with E-state index in [2.05, 4.69) is 5.32 Å². The Bertz CT molecular complexity index is 877. The largest absolute Gasteiger partial charge is 0.484 e. The van der Waals surface area contributed by atoms with Crippen molar-refractivity contribution in [3.05, 3.63) is 51.3 Å². The molecule has 1 aromatic carbocycles. The average molecular weight is 343 g/mol. The highest BCUT2D eigenvalue weighted by molar-refractivity contribution is 6.01. The van der Waals surface area contributed by atoms with Crippen LogP contribution in [0, 0.1) is 28.4 Å². The zero-order valence-corrected chi connectivity index (χ0v) is 13.4. The van der Waals surface area contributed by atoms with Crippen molar-refractivity contribution in [1.29, 1.82) is 5.26 Å². The number of aryl methyl sites for hydroxylation is 1. The molecular formula is C16H13N3O6. The quantitative estimate of drug-likeness (QED) is 0.483. The number of nitro benzene ring substituents is 1. The fourth-order valence-electron chi connectivity index (χ4n) is 2.14. The predicted molar refractivity (Wildman–Crippen MR) is 85.4 cm³/mol. The van der Waals surface area contributed by atoms with Gasteiger partial charge >= 0.3 is 0 Å². The summed E-state index contributed by atoms with van der Waals surface area (Å²) < 4.78 is 10.5. The molecule has 9 heteroatoms. The van der Waals surface area contributed by atoms with Gasteiger partial charge in [-0.3, -0.25) is 25.0 Å². The predicted octanol–water partition coefficient (Wildman–Crippen LogP) is 2.59. The molecule has 2 aromatic rings. The van der Waals surface area contributed by atoms with Gasteiger partial charge in [-0.05, 0) is 26.0 Å². The Morgan fingerprint density at radius 2 is 2.00 bits per heavy atom. The maximum atomic E-state index is 11.9. The lowest BCUT2D eigenvalue weighted by Crippen LogP contribution is -2.20. The highest BCUT2D eigenvalue weighted by Gasteiger charge is 2.22. The molecule has 128 valence electrons. The summed E-state index contributed by atoms with van der Waals surface area (Å²) in [5.41, 5.74) is -0.0268. The molecule has 1 amide bonds. The van der Waals surface area contributed by atoms with Crippen molar-refractivity contribution in [2.45, 2.75) is 13.8 Å². The number of Topliss-reactive ketones (excluding diaryl/α,β-unsaturated/α-hetero) is 1. The van der Waals surface area contributed by atoms with Crippen molar-refractivity contribution in [3.8, 4) is 11.8 Å². The smallest absolute Gasteiger partial charge is 0.269 e. The minimum absolute atomic E-state index is 0.0475. The summed E-state index contributed by atoms with van der Waals surface area (Å²) in [6, 6.07) is 7.04. The van der Waals surface area contributed by atoms with E-state index in [1.807, 2.05) is 6.07 Å². The molecule has 1 N–H and O–H groups in total. The molecule has 0 fully saturated rings. The monoisotopic (exact) mass is 343 g/mol. The van der Waals surface area contributed by atoms with Crippen LogP contribution in [0.4, 0.5) is 11.6 Å². The first kappa shape index (κ1) is 17.7. The van der Waals surface area contributed by atoms with E-state index < -0.39 is 17.4 Å². The first-order chi connectivity index (χ1) is 11.8. The number of furan rings is 1. The molecule has 0 aliphatic heterocycles. The molecular weight excluding hydrogens is 330 g/mol. The molecule has 0 aliphatic rings. The van der Waals surface area contributed by atoms with Crippen molar-refractivity contribution in [2.24, 2.45) is 0 Å². The Hall–Kier alpha value is -3.67. The summed E-state index contributed by atoms with van der Waals surface area (Å²) in [6.07, 6.45) is 0. The molecule has 0 aliphatic carbocycles. The molecule has 25 heavy (non-hydrogen) atoms. The summed E-state index contributed by atoms with van der Waals surface area (Å²) in [4.78, 5) is 33.5. The maximum Gasteiger partial charge on any atom is 0.269 e. The highest BCUT2D eigenvalue weighted by Crippen LogP contribution is 2.26. The number of nitro groups is 1. The van der Waals surface area contributed by atoms with Gasteiger partial charge in [-0.15, -0.1) is 0 Å². The Morgan fingerprint density at radius 1 is 1.36 bits per heavy atom. The number of carbonyl (C=O) groups is 2. The summed E-state index contributed by atoms with van der Waals surface area (Å²) in [5.74, 6) is -0.585. The molecule has 2 rings (SSSR count). The number of benzene rings is 1. The van der Waals surface area contributed by atoms with E-state index in [1.54, 1.807) is 0 Å². The number of rotatable bonds is 6. The van der Waals surface area contributed by atoms with Gasteiger partial charge in [0.1, 0.15) is 23.1 Å². The topological polar surface area (TPSA) is 135 Å². The van der Waals surface area contributed by atoms with Crippen LogP contribution in [0.25, 0.3) is 0 Å². The van der Waals surface area contributed by atoms with Crippen molar-refractivity contribution < 1.29 is 23.7 Å². The van der Waals surface area contributed by atoms with Crippen LogP contribution in [0.5, 0.6) is 5.75 Å². The number of amides is 1. The molecule has 0 unspecified atom stereocenters. The van der Waals surface area contributed by atoms with Gasteiger partial charge in [0.15, 0.2) is 12.4 Å². The van der Waals surface area contributed by atoms with Gasteiger partial charge in [-0.25, -0.2) is 0 Å². The SMILES string of the molecule is CC(=O)c1c(C)oc(NC(=O)COc2ccc([N+](=O)[O-])cc2)c1C#N.